The van der Waals surface area contributed by atoms with E-state index in [2.05, 4.69) is 0 Å². The maximum atomic E-state index is 13.0. The molecule has 0 aromatic heterocycles. The molecule has 1 aliphatic rings. The Morgan fingerprint density at radius 2 is 1.76 bits per heavy atom. The smallest absolute Gasteiger partial charge is 0.416 e. The summed E-state index contributed by atoms with van der Waals surface area (Å²) in [6, 6.07) is 15.6. The highest BCUT2D eigenvalue weighted by Crippen LogP contribution is 2.41. The number of para-hydroxylation sites is 1. The molecule has 190 valence electrons. The zero-order valence-corrected chi connectivity index (χ0v) is 20.7. The van der Waals surface area contributed by atoms with E-state index in [1.54, 1.807) is 49.4 Å². The van der Waals surface area contributed by atoms with Gasteiger partial charge in [0.05, 0.1) is 27.7 Å². The zero-order chi connectivity index (χ0) is 26.7. The maximum Gasteiger partial charge on any atom is 0.416 e. The van der Waals surface area contributed by atoms with Crippen LogP contribution in [0.3, 0.4) is 0 Å². The monoisotopic (exact) mass is 546 g/mol. The number of nitrogens with zero attached hydrogens (tertiary/aromatic N) is 2. The Labute approximate surface area is 218 Å². The molecule has 1 saturated heterocycles. The number of rotatable bonds is 7. The van der Waals surface area contributed by atoms with Crippen molar-refractivity contribution in [2.75, 3.05) is 11.5 Å². The van der Waals surface area contributed by atoms with Crippen molar-refractivity contribution in [3.63, 3.8) is 0 Å². The highest BCUT2D eigenvalue weighted by molar-refractivity contribution is 8.27. The van der Waals surface area contributed by atoms with Gasteiger partial charge in [0.15, 0.2) is 15.8 Å². The maximum absolute atomic E-state index is 13.0. The van der Waals surface area contributed by atoms with Crippen LogP contribution >= 0.6 is 24.0 Å². The van der Waals surface area contributed by atoms with Gasteiger partial charge in [-0.15, -0.1) is 0 Å². The number of thiocarbonyl (C=S) groups is 1. The van der Waals surface area contributed by atoms with Crippen LogP contribution in [0.5, 0.6) is 17.2 Å². The summed E-state index contributed by atoms with van der Waals surface area (Å²) in [5.74, 6) is -0.432. The van der Waals surface area contributed by atoms with Crippen LogP contribution in [0.1, 0.15) is 18.1 Å². The van der Waals surface area contributed by atoms with Crippen molar-refractivity contribution in [3.8, 4) is 17.2 Å². The van der Waals surface area contributed by atoms with E-state index in [0.717, 1.165) is 17.8 Å². The number of benzene rings is 3. The standard InChI is InChI=1S/C25H17F3N2O5S2/c1-2-34-21-12-15(13-22-23(31)29(24(36)37-22)17-6-4-3-5-7-17)8-10-20(21)35-19-11-9-16(25(26,27)28)14-18(19)30(32)33/h3-14H,2H2,1H3/b22-13+. The molecule has 0 aliphatic carbocycles. The van der Waals surface area contributed by atoms with Gasteiger partial charge in [0.2, 0.25) is 5.75 Å². The third-order valence-corrected chi connectivity index (χ3v) is 6.38. The summed E-state index contributed by atoms with van der Waals surface area (Å²) in [5.41, 5.74) is -0.803. The molecule has 4 rings (SSSR count). The van der Waals surface area contributed by atoms with E-state index in [1.807, 2.05) is 6.07 Å². The average Bonchev–Trinajstić information content (AvgIpc) is 3.13. The van der Waals surface area contributed by atoms with Gasteiger partial charge in [0.25, 0.3) is 5.91 Å². The van der Waals surface area contributed by atoms with Crippen LogP contribution in [0, 0.1) is 10.1 Å². The van der Waals surface area contributed by atoms with E-state index in [1.165, 1.54) is 11.0 Å². The SMILES string of the molecule is CCOc1cc(/C=C2/SC(=S)N(c3ccccc3)C2=O)ccc1Oc1ccc(C(F)(F)F)cc1[N+](=O)[O-]. The lowest BCUT2D eigenvalue weighted by atomic mass is 10.1. The number of hydrogen-bond donors (Lipinski definition) is 0. The summed E-state index contributed by atoms with van der Waals surface area (Å²) in [6.07, 6.45) is -3.13. The molecule has 3 aromatic rings. The van der Waals surface area contributed by atoms with Gasteiger partial charge in [-0.3, -0.25) is 19.8 Å². The minimum Gasteiger partial charge on any atom is -0.490 e. The molecule has 1 amide bonds. The van der Waals surface area contributed by atoms with Crippen molar-refractivity contribution in [3.05, 3.63) is 92.9 Å². The Balaban J connectivity index is 1.64. The lowest BCUT2D eigenvalue weighted by Gasteiger charge is -2.14. The number of nitro groups is 1. The van der Waals surface area contributed by atoms with Crippen molar-refractivity contribution >= 4 is 51.7 Å². The molecule has 0 atom stereocenters. The van der Waals surface area contributed by atoms with Crippen molar-refractivity contribution < 1.29 is 32.4 Å². The van der Waals surface area contributed by atoms with Crippen molar-refractivity contribution in [1.29, 1.82) is 0 Å². The number of carbonyl (C=O) groups is 1. The fourth-order valence-corrected chi connectivity index (χ4v) is 4.73. The van der Waals surface area contributed by atoms with Gasteiger partial charge < -0.3 is 9.47 Å². The molecular weight excluding hydrogens is 529 g/mol. The molecule has 1 aliphatic heterocycles. The van der Waals surface area contributed by atoms with E-state index in [9.17, 15) is 28.1 Å². The first-order valence-electron chi connectivity index (χ1n) is 10.7. The Morgan fingerprint density at radius 1 is 1.05 bits per heavy atom. The lowest BCUT2D eigenvalue weighted by molar-refractivity contribution is -0.385. The Bertz CT molecular complexity index is 1410. The molecule has 0 unspecified atom stereocenters. The number of ether oxygens (including phenoxy) is 2. The first-order chi connectivity index (χ1) is 17.6. The molecular formula is C25H17F3N2O5S2. The zero-order valence-electron chi connectivity index (χ0n) is 19.0. The molecule has 0 bridgehead atoms. The topological polar surface area (TPSA) is 81.9 Å². The summed E-state index contributed by atoms with van der Waals surface area (Å²) < 4.78 is 50.6. The van der Waals surface area contributed by atoms with Crippen LogP contribution in [-0.2, 0) is 11.0 Å². The fourth-order valence-electron chi connectivity index (χ4n) is 3.43. The number of hydrogen-bond acceptors (Lipinski definition) is 7. The summed E-state index contributed by atoms with van der Waals surface area (Å²) in [4.78, 5) is 25.2. The molecule has 0 N–H and O–H groups in total. The number of halogens is 3. The van der Waals surface area contributed by atoms with Crippen molar-refractivity contribution in [2.24, 2.45) is 0 Å². The number of nitro benzene ring substituents is 1. The average molecular weight is 547 g/mol. The van der Waals surface area contributed by atoms with Crippen molar-refractivity contribution in [2.45, 2.75) is 13.1 Å². The van der Waals surface area contributed by atoms with Gasteiger partial charge >= 0.3 is 11.9 Å². The van der Waals surface area contributed by atoms with Crippen LogP contribution in [-0.4, -0.2) is 21.8 Å². The summed E-state index contributed by atoms with van der Waals surface area (Å²) in [7, 11) is 0. The molecule has 3 aromatic carbocycles. The third kappa shape index (κ3) is 5.75. The predicted octanol–water partition coefficient (Wildman–Crippen LogP) is 7.21. The highest BCUT2D eigenvalue weighted by atomic mass is 32.2. The molecule has 1 heterocycles. The van der Waals surface area contributed by atoms with Crippen LogP contribution in [0.25, 0.3) is 6.08 Å². The van der Waals surface area contributed by atoms with Gasteiger partial charge in [-0.25, -0.2) is 0 Å². The first-order valence-corrected chi connectivity index (χ1v) is 11.9. The van der Waals surface area contributed by atoms with E-state index >= 15 is 0 Å². The fraction of sp³-hybridized carbons (Fsp3) is 0.120. The van der Waals surface area contributed by atoms with Crippen LogP contribution in [0.2, 0.25) is 0 Å². The lowest BCUT2D eigenvalue weighted by Crippen LogP contribution is -2.27. The Hall–Kier alpha value is -3.90. The van der Waals surface area contributed by atoms with E-state index in [0.29, 0.717) is 32.6 Å². The second-order valence-corrected chi connectivity index (χ2v) is 9.21. The number of carbonyl (C=O) groups excluding carboxylic acids is 1. The number of anilines is 1. The molecule has 0 spiro atoms. The molecule has 1 fully saturated rings. The number of amides is 1. The summed E-state index contributed by atoms with van der Waals surface area (Å²) in [5, 5.41) is 11.4. The Morgan fingerprint density at radius 3 is 2.41 bits per heavy atom. The van der Waals surface area contributed by atoms with E-state index in [-0.39, 0.29) is 29.8 Å². The van der Waals surface area contributed by atoms with Crippen LogP contribution in [0.4, 0.5) is 24.5 Å². The second kappa shape index (κ2) is 10.6. The largest absolute Gasteiger partial charge is 0.490 e. The van der Waals surface area contributed by atoms with Gasteiger partial charge in [-0.05, 0) is 55.0 Å². The first kappa shape index (κ1) is 26.2. The number of alkyl halides is 3. The van der Waals surface area contributed by atoms with E-state index in [4.69, 9.17) is 21.7 Å². The number of thioether (sulfide) groups is 1. The van der Waals surface area contributed by atoms with Gasteiger partial charge in [0, 0.05) is 6.07 Å². The van der Waals surface area contributed by atoms with Crippen LogP contribution in [0.15, 0.2) is 71.6 Å². The minimum absolute atomic E-state index is 0.0543. The van der Waals surface area contributed by atoms with Crippen LogP contribution < -0.4 is 14.4 Å². The normalized spacial score (nSPS) is 14.8. The summed E-state index contributed by atoms with van der Waals surface area (Å²) in [6.45, 7) is 1.92. The van der Waals surface area contributed by atoms with E-state index < -0.39 is 22.4 Å². The predicted molar refractivity (Wildman–Crippen MR) is 138 cm³/mol. The molecule has 37 heavy (non-hydrogen) atoms. The highest BCUT2D eigenvalue weighted by Gasteiger charge is 2.34. The molecule has 12 heteroatoms. The molecule has 0 saturated carbocycles. The van der Waals surface area contributed by atoms with Crippen molar-refractivity contribution in [1.82, 2.24) is 0 Å². The van der Waals surface area contributed by atoms with Gasteiger partial charge in [0.1, 0.15) is 0 Å². The summed E-state index contributed by atoms with van der Waals surface area (Å²) >= 11 is 6.51. The second-order valence-electron chi connectivity index (χ2n) is 7.53. The quantitative estimate of drug-likeness (QED) is 0.134. The molecule has 7 nitrogen and oxygen atoms in total. The van der Waals surface area contributed by atoms with Gasteiger partial charge in [-0.2, -0.15) is 13.2 Å². The van der Waals surface area contributed by atoms with Gasteiger partial charge in [-0.1, -0.05) is 48.2 Å². The minimum atomic E-state index is -4.75. The molecule has 0 radical (unpaired) electrons. The Kier molecular flexibility index (Phi) is 7.50. The third-order valence-electron chi connectivity index (χ3n) is 5.08.